The third kappa shape index (κ3) is 3.38. The number of halogens is 1. The summed E-state index contributed by atoms with van der Waals surface area (Å²) in [7, 11) is 0. The van der Waals surface area contributed by atoms with E-state index in [-0.39, 0.29) is 11.1 Å². The summed E-state index contributed by atoms with van der Waals surface area (Å²) in [4.78, 5) is 27.1. The quantitative estimate of drug-likeness (QED) is 0.531. The van der Waals surface area contributed by atoms with Gasteiger partial charge in [0.1, 0.15) is 0 Å². The lowest BCUT2D eigenvalue weighted by Gasteiger charge is -2.12. The van der Waals surface area contributed by atoms with Crippen LogP contribution in [0.5, 0.6) is 0 Å². The number of rotatable bonds is 3. The van der Waals surface area contributed by atoms with Crippen LogP contribution in [0.3, 0.4) is 0 Å². The van der Waals surface area contributed by atoms with Crippen molar-refractivity contribution in [2.24, 2.45) is 0 Å². The van der Waals surface area contributed by atoms with Crippen LogP contribution in [0, 0.1) is 3.57 Å². The van der Waals surface area contributed by atoms with Gasteiger partial charge in [0, 0.05) is 8.45 Å². The molecule has 0 N–H and O–H groups in total. The number of carbonyl (C=O) groups excluding carboxylic acids is 2. The van der Waals surface area contributed by atoms with Gasteiger partial charge in [0.05, 0.1) is 11.4 Å². The number of hydrogen-bond donors (Lipinski definition) is 0. The van der Waals surface area contributed by atoms with Gasteiger partial charge in [-0.05, 0) is 69.6 Å². The topological polar surface area (TPSA) is 37.4 Å². The molecule has 0 radical (unpaired) electrons. The first-order chi connectivity index (χ1) is 10.1. The van der Waals surface area contributed by atoms with Crippen molar-refractivity contribution in [3.05, 3.63) is 60.7 Å². The minimum absolute atomic E-state index is 0.207. The summed E-state index contributed by atoms with van der Waals surface area (Å²) in [5.41, 5.74) is 0.954. The molecule has 6 heteroatoms. The second-order valence-electron chi connectivity index (χ2n) is 4.41. The van der Waals surface area contributed by atoms with E-state index in [0.717, 1.165) is 25.8 Å². The Morgan fingerprint density at radius 1 is 1.14 bits per heavy atom. The van der Waals surface area contributed by atoms with E-state index in [2.05, 4.69) is 22.6 Å². The summed E-state index contributed by atoms with van der Waals surface area (Å²) in [6.07, 6.45) is 1.78. The molecule has 0 saturated carbocycles. The molecule has 1 aliphatic heterocycles. The molecule has 2 heterocycles. The average molecular weight is 427 g/mol. The number of imide groups is 1. The summed E-state index contributed by atoms with van der Waals surface area (Å²) in [5.74, 6) is -0.211. The molecule has 1 saturated heterocycles. The highest BCUT2D eigenvalue weighted by atomic mass is 127. The summed E-state index contributed by atoms with van der Waals surface area (Å²) in [5, 5.41) is 1.74. The van der Waals surface area contributed by atoms with Crippen molar-refractivity contribution < 1.29 is 9.59 Å². The molecule has 0 spiro atoms. The van der Waals surface area contributed by atoms with Gasteiger partial charge in [-0.3, -0.25) is 14.5 Å². The fraction of sp³-hybridized carbons (Fsp3) is 0.0667. The lowest BCUT2D eigenvalue weighted by atomic mass is 10.2. The van der Waals surface area contributed by atoms with Gasteiger partial charge < -0.3 is 0 Å². The van der Waals surface area contributed by atoms with Crippen LogP contribution in [0.4, 0.5) is 4.79 Å². The van der Waals surface area contributed by atoms with E-state index in [1.807, 2.05) is 41.8 Å². The van der Waals surface area contributed by atoms with Crippen molar-refractivity contribution in [3.63, 3.8) is 0 Å². The van der Waals surface area contributed by atoms with Crippen LogP contribution in [0.15, 0.2) is 46.7 Å². The lowest BCUT2D eigenvalue weighted by molar-refractivity contribution is -0.123. The zero-order valence-corrected chi connectivity index (χ0v) is 14.6. The first-order valence-electron chi connectivity index (χ1n) is 6.17. The summed E-state index contributed by atoms with van der Waals surface area (Å²) in [6.45, 7) is 0.323. The van der Waals surface area contributed by atoms with Gasteiger partial charge in [-0.1, -0.05) is 18.2 Å². The standard InChI is InChI=1S/C15H10INO2S2/c16-11-5-3-10(4-6-11)9-17-14(18)13(21-15(17)19)8-12-2-1-7-20-12/h1-8H,9H2/b13-8-. The maximum Gasteiger partial charge on any atom is 0.293 e. The highest BCUT2D eigenvalue weighted by molar-refractivity contribution is 14.1. The van der Waals surface area contributed by atoms with E-state index >= 15 is 0 Å². The molecule has 0 bridgehead atoms. The number of benzene rings is 1. The number of carbonyl (C=O) groups is 2. The number of thioether (sulfide) groups is 1. The molecule has 1 aromatic heterocycles. The van der Waals surface area contributed by atoms with E-state index in [1.54, 1.807) is 17.4 Å². The fourth-order valence-electron chi connectivity index (χ4n) is 1.91. The third-order valence-electron chi connectivity index (χ3n) is 2.94. The van der Waals surface area contributed by atoms with Crippen molar-refractivity contribution in [3.8, 4) is 0 Å². The van der Waals surface area contributed by atoms with Crippen LogP contribution in [0.2, 0.25) is 0 Å². The largest absolute Gasteiger partial charge is 0.293 e. The van der Waals surface area contributed by atoms with Gasteiger partial charge in [-0.2, -0.15) is 0 Å². The maximum absolute atomic E-state index is 12.3. The average Bonchev–Trinajstić information content (AvgIpc) is 3.06. The Balaban J connectivity index is 1.79. The Kier molecular flexibility index (Phi) is 4.46. The molecule has 3 nitrogen and oxygen atoms in total. The maximum atomic E-state index is 12.3. The summed E-state index contributed by atoms with van der Waals surface area (Å²) in [6, 6.07) is 11.7. The molecule has 1 aliphatic rings. The second-order valence-corrected chi connectivity index (χ2v) is 7.63. The van der Waals surface area contributed by atoms with E-state index in [0.29, 0.717) is 11.4 Å². The number of amides is 2. The summed E-state index contributed by atoms with van der Waals surface area (Å²) >= 11 is 4.78. The molecule has 1 fully saturated rings. The van der Waals surface area contributed by atoms with Gasteiger partial charge in [0.15, 0.2) is 0 Å². The predicted octanol–water partition coefficient (Wildman–Crippen LogP) is 4.59. The molecule has 2 aromatic rings. The van der Waals surface area contributed by atoms with E-state index in [4.69, 9.17) is 0 Å². The minimum Gasteiger partial charge on any atom is -0.268 e. The smallest absolute Gasteiger partial charge is 0.268 e. The van der Waals surface area contributed by atoms with E-state index in [9.17, 15) is 9.59 Å². The number of thiophene rings is 1. The second kappa shape index (κ2) is 6.33. The molecule has 2 amide bonds. The highest BCUT2D eigenvalue weighted by Gasteiger charge is 2.34. The highest BCUT2D eigenvalue weighted by Crippen LogP contribution is 2.33. The van der Waals surface area contributed by atoms with Crippen molar-refractivity contribution >= 4 is 62.9 Å². The van der Waals surface area contributed by atoms with E-state index < -0.39 is 0 Å². The summed E-state index contributed by atoms with van der Waals surface area (Å²) < 4.78 is 1.13. The molecule has 0 atom stereocenters. The van der Waals surface area contributed by atoms with Crippen LogP contribution < -0.4 is 0 Å². The number of hydrogen-bond acceptors (Lipinski definition) is 4. The zero-order chi connectivity index (χ0) is 14.8. The van der Waals surface area contributed by atoms with Crippen LogP contribution in [0.25, 0.3) is 6.08 Å². The zero-order valence-electron chi connectivity index (χ0n) is 10.8. The Morgan fingerprint density at radius 2 is 1.90 bits per heavy atom. The molecule has 1 aromatic carbocycles. The first kappa shape index (κ1) is 14.8. The molecule has 0 unspecified atom stereocenters. The molecular weight excluding hydrogens is 417 g/mol. The molecule has 3 rings (SSSR count). The molecular formula is C15H10INO2S2. The van der Waals surface area contributed by atoms with Crippen molar-refractivity contribution in [1.82, 2.24) is 4.90 Å². The minimum atomic E-state index is -0.211. The van der Waals surface area contributed by atoms with Crippen LogP contribution in [0.1, 0.15) is 10.4 Å². The predicted molar refractivity (Wildman–Crippen MR) is 95.0 cm³/mol. The van der Waals surface area contributed by atoms with Crippen LogP contribution >= 0.6 is 45.7 Å². The van der Waals surface area contributed by atoms with Gasteiger partial charge in [0.2, 0.25) is 0 Å². The Bertz CT molecular complexity index is 708. The molecule has 21 heavy (non-hydrogen) atoms. The number of nitrogens with zero attached hydrogens (tertiary/aromatic N) is 1. The van der Waals surface area contributed by atoms with Crippen LogP contribution in [-0.2, 0) is 11.3 Å². The molecule has 0 aliphatic carbocycles. The van der Waals surface area contributed by atoms with Gasteiger partial charge >= 0.3 is 0 Å². The Morgan fingerprint density at radius 3 is 2.57 bits per heavy atom. The van der Waals surface area contributed by atoms with Crippen molar-refractivity contribution in [1.29, 1.82) is 0 Å². The molecule has 106 valence electrons. The monoisotopic (exact) mass is 427 g/mol. The Hall–Kier alpha value is -1.12. The lowest BCUT2D eigenvalue weighted by Crippen LogP contribution is -2.27. The van der Waals surface area contributed by atoms with Gasteiger partial charge in [-0.25, -0.2) is 0 Å². The SMILES string of the molecule is O=C1S/C(=C\c2cccs2)C(=O)N1Cc1ccc(I)cc1. The first-order valence-corrected chi connectivity index (χ1v) is 8.94. The normalized spacial score (nSPS) is 17.0. The van der Waals surface area contributed by atoms with Gasteiger partial charge in [-0.15, -0.1) is 11.3 Å². The van der Waals surface area contributed by atoms with Crippen molar-refractivity contribution in [2.45, 2.75) is 6.54 Å². The Labute approximate surface area is 144 Å². The van der Waals surface area contributed by atoms with Crippen molar-refractivity contribution in [2.75, 3.05) is 0 Å². The fourth-order valence-corrected chi connectivity index (χ4v) is 3.83. The third-order valence-corrected chi connectivity index (χ3v) is 5.39. The van der Waals surface area contributed by atoms with E-state index in [1.165, 1.54) is 4.90 Å². The van der Waals surface area contributed by atoms with Crippen LogP contribution in [-0.4, -0.2) is 16.0 Å². The van der Waals surface area contributed by atoms with Gasteiger partial charge in [0.25, 0.3) is 11.1 Å².